The molecular formula is C7H13N5S. The Morgan fingerprint density at radius 2 is 2.31 bits per heavy atom. The summed E-state index contributed by atoms with van der Waals surface area (Å²) in [6.45, 7) is 0. The summed E-state index contributed by atoms with van der Waals surface area (Å²) >= 11 is 1.62. The van der Waals surface area contributed by atoms with Gasteiger partial charge in [-0.25, -0.2) is 5.10 Å². The minimum atomic E-state index is 0.282. The Morgan fingerprint density at radius 1 is 1.46 bits per heavy atom. The van der Waals surface area contributed by atoms with Crippen molar-refractivity contribution in [1.82, 2.24) is 15.2 Å². The fourth-order valence-corrected chi connectivity index (χ4v) is 2.66. The van der Waals surface area contributed by atoms with Gasteiger partial charge in [-0.2, -0.15) is 4.98 Å². The zero-order chi connectivity index (χ0) is 9.26. The summed E-state index contributed by atoms with van der Waals surface area (Å²) in [5.41, 5.74) is 11.3. The van der Waals surface area contributed by atoms with Crippen molar-refractivity contribution in [2.75, 3.05) is 5.73 Å². The molecule has 1 heterocycles. The third-order valence-electron chi connectivity index (χ3n) is 2.24. The van der Waals surface area contributed by atoms with Crippen molar-refractivity contribution < 1.29 is 0 Å². The number of nitrogens with one attached hydrogen (secondary N) is 1. The van der Waals surface area contributed by atoms with Gasteiger partial charge in [-0.1, -0.05) is 18.2 Å². The number of aromatic amines is 1. The van der Waals surface area contributed by atoms with Gasteiger partial charge in [0.2, 0.25) is 11.1 Å². The Bertz CT molecular complexity index is 286. The van der Waals surface area contributed by atoms with E-state index in [1.807, 2.05) is 0 Å². The standard InChI is InChI=1S/C7H13N5S/c8-4-2-1-3-5(4)13-7-10-6(9)11-12-7/h4-5H,1-3,8H2,(H3,9,10,11,12). The molecule has 2 atom stereocenters. The summed E-state index contributed by atoms with van der Waals surface area (Å²) in [6, 6.07) is 0.282. The lowest BCUT2D eigenvalue weighted by Gasteiger charge is -2.11. The molecule has 2 rings (SSSR count). The van der Waals surface area contributed by atoms with Crippen LogP contribution in [0.3, 0.4) is 0 Å². The van der Waals surface area contributed by atoms with Gasteiger partial charge >= 0.3 is 0 Å². The third-order valence-corrected chi connectivity index (χ3v) is 3.52. The molecule has 1 aliphatic carbocycles. The van der Waals surface area contributed by atoms with Crippen molar-refractivity contribution in [3.63, 3.8) is 0 Å². The van der Waals surface area contributed by atoms with E-state index in [0.717, 1.165) is 12.8 Å². The quantitative estimate of drug-likeness (QED) is 0.639. The van der Waals surface area contributed by atoms with Crippen LogP contribution in [0.2, 0.25) is 0 Å². The number of hydrogen-bond donors (Lipinski definition) is 3. The average Bonchev–Trinajstić information content (AvgIpc) is 2.64. The first-order valence-corrected chi connectivity index (χ1v) is 5.24. The van der Waals surface area contributed by atoms with Crippen LogP contribution in [0.15, 0.2) is 5.16 Å². The van der Waals surface area contributed by atoms with Crippen molar-refractivity contribution >= 4 is 17.7 Å². The molecule has 0 amide bonds. The van der Waals surface area contributed by atoms with Crippen molar-refractivity contribution in [2.24, 2.45) is 5.73 Å². The maximum Gasteiger partial charge on any atom is 0.216 e. The molecule has 0 saturated heterocycles. The SMILES string of the molecule is Nc1nc(SC2CCCC2N)n[nH]1. The van der Waals surface area contributed by atoms with E-state index in [2.05, 4.69) is 15.2 Å². The number of aromatic nitrogens is 3. The van der Waals surface area contributed by atoms with E-state index in [4.69, 9.17) is 11.5 Å². The lowest BCUT2D eigenvalue weighted by molar-refractivity contribution is 0.714. The molecule has 1 fully saturated rings. The molecule has 13 heavy (non-hydrogen) atoms. The van der Waals surface area contributed by atoms with Crippen LogP contribution in [0.25, 0.3) is 0 Å². The van der Waals surface area contributed by atoms with Gasteiger partial charge in [0.1, 0.15) is 0 Å². The van der Waals surface area contributed by atoms with Crippen LogP contribution >= 0.6 is 11.8 Å². The Morgan fingerprint density at radius 3 is 2.85 bits per heavy atom. The highest BCUT2D eigenvalue weighted by Crippen LogP contribution is 2.32. The van der Waals surface area contributed by atoms with E-state index in [0.29, 0.717) is 16.4 Å². The summed E-state index contributed by atoms with van der Waals surface area (Å²) in [4.78, 5) is 4.03. The van der Waals surface area contributed by atoms with E-state index in [1.165, 1.54) is 6.42 Å². The average molecular weight is 199 g/mol. The van der Waals surface area contributed by atoms with Crippen molar-refractivity contribution in [1.29, 1.82) is 0 Å². The molecule has 0 bridgehead atoms. The Balaban J connectivity index is 1.97. The molecule has 0 spiro atoms. The molecular weight excluding hydrogens is 186 g/mol. The topological polar surface area (TPSA) is 93.6 Å². The van der Waals surface area contributed by atoms with Crippen LogP contribution in [0, 0.1) is 0 Å². The van der Waals surface area contributed by atoms with Gasteiger partial charge < -0.3 is 11.5 Å². The molecule has 2 unspecified atom stereocenters. The summed E-state index contributed by atoms with van der Waals surface area (Å²) < 4.78 is 0. The van der Waals surface area contributed by atoms with E-state index in [-0.39, 0.29) is 6.04 Å². The normalized spacial score (nSPS) is 28.1. The summed E-state index contributed by atoms with van der Waals surface area (Å²) in [5, 5.41) is 7.73. The highest BCUT2D eigenvalue weighted by atomic mass is 32.2. The first-order valence-electron chi connectivity index (χ1n) is 4.36. The number of hydrogen-bond acceptors (Lipinski definition) is 5. The first-order chi connectivity index (χ1) is 6.25. The summed E-state index contributed by atoms with van der Waals surface area (Å²) in [5.74, 6) is 0.370. The van der Waals surface area contributed by atoms with Gasteiger partial charge in [-0.05, 0) is 12.8 Å². The minimum Gasteiger partial charge on any atom is -0.368 e. The second kappa shape index (κ2) is 3.55. The van der Waals surface area contributed by atoms with Gasteiger partial charge in [0.15, 0.2) is 0 Å². The predicted molar refractivity (Wildman–Crippen MR) is 52.3 cm³/mol. The maximum atomic E-state index is 5.92. The van der Waals surface area contributed by atoms with E-state index < -0.39 is 0 Å². The minimum absolute atomic E-state index is 0.282. The molecule has 0 aromatic carbocycles. The Labute approximate surface area is 80.7 Å². The second-order valence-electron chi connectivity index (χ2n) is 3.25. The van der Waals surface area contributed by atoms with Crippen LogP contribution in [-0.2, 0) is 0 Å². The van der Waals surface area contributed by atoms with E-state index >= 15 is 0 Å². The lowest BCUT2D eigenvalue weighted by atomic mass is 10.3. The smallest absolute Gasteiger partial charge is 0.216 e. The van der Waals surface area contributed by atoms with Crippen LogP contribution in [0.1, 0.15) is 19.3 Å². The summed E-state index contributed by atoms with van der Waals surface area (Å²) in [7, 11) is 0. The Kier molecular flexibility index (Phi) is 2.41. The highest BCUT2D eigenvalue weighted by Gasteiger charge is 2.25. The molecule has 0 radical (unpaired) electrons. The van der Waals surface area contributed by atoms with E-state index in [1.54, 1.807) is 11.8 Å². The number of H-pyrrole nitrogens is 1. The predicted octanol–water partition coefficient (Wildman–Crippen LogP) is 0.359. The van der Waals surface area contributed by atoms with Crippen LogP contribution < -0.4 is 11.5 Å². The van der Waals surface area contributed by atoms with Crippen molar-refractivity contribution in [2.45, 2.75) is 35.7 Å². The van der Waals surface area contributed by atoms with Gasteiger partial charge in [0, 0.05) is 11.3 Å². The fourth-order valence-electron chi connectivity index (χ4n) is 1.55. The van der Waals surface area contributed by atoms with Gasteiger partial charge in [-0.15, -0.1) is 5.10 Å². The van der Waals surface area contributed by atoms with Crippen molar-refractivity contribution in [3.05, 3.63) is 0 Å². The van der Waals surface area contributed by atoms with Crippen LogP contribution in [0.4, 0.5) is 5.95 Å². The molecule has 1 aromatic heterocycles. The van der Waals surface area contributed by atoms with Gasteiger partial charge in [-0.3, -0.25) is 0 Å². The van der Waals surface area contributed by atoms with Crippen molar-refractivity contribution in [3.8, 4) is 0 Å². The molecule has 1 aliphatic rings. The molecule has 72 valence electrons. The number of anilines is 1. The zero-order valence-electron chi connectivity index (χ0n) is 7.23. The number of nitrogens with zero attached hydrogens (tertiary/aromatic N) is 2. The molecule has 1 saturated carbocycles. The monoisotopic (exact) mass is 199 g/mol. The molecule has 1 aromatic rings. The largest absolute Gasteiger partial charge is 0.368 e. The molecule has 0 aliphatic heterocycles. The number of nitrogen functional groups attached to an aromatic ring is 1. The van der Waals surface area contributed by atoms with E-state index in [9.17, 15) is 0 Å². The summed E-state index contributed by atoms with van der Waals surface area (Å²) in [6.07, 6.45) is 3.47. The molecule has 6 heteroatoms. The number of rotatable bonds is 2. The Hall–Kier alpha value is -0.750. The maximum absolute atomic E-state index is 5.92. The molecule has 5 N–H and O–H groups in total. The number of thioether (sulfide) groups is 1. The van der Waals surface area contributed by atoms with Crippen LogP contribution in [0.5, 0.6) is 0 Å². The first kappa shape index (κ1) is 8.83. The lowest BCUT2D eigenvalue weighted by Crippen LogP contribution is -2.26. The van der Waals surface area contributed by atoms with Gasteiger partial charge in [0.25, 0.3) is 0 Å². The molecule has 5 nitrogen and oxygen atoms in total. The second-order valence-corrected chi connectivity index (χ2v) is 4.46. The third kappa shape index (κ3) is 1.94. The zero-order valence-corrected chi connectivity index (χ0v) is 8.05. The number of nitrogens with two attached hydrogens (primary N) is 2. The highest BCUT2D eigenvalue weighted by molar-refractivity contribution is 7.99. The fraction of sp³-hybridized carbons (Fsp3) is 0.714. The van der Waals surface area contributed by atoms with Gasteiger partial charge in [0.05, 0.1) is 0 Å². The van der Waals surface area contributed by atoms with Crippen LogP contribution in [-0.4, -0.2) is 26.5 Å².